The highest BCUT2D eigenvalue weighted by Crippen LogP contribution is 2.32. The number of piperazine rings is 1. The van der Waals surface area contributed by atoms with E-state index >= 15 is 0 Å². The Morgan fingerprint density at radius 3 is 2.64 bits per heavy atom. The minimum absolute atomic E-state index is 0.0479. The van der Waals surface area contributed by atoms with Gasteiger partial charge in [0.15, 0.2) is 0 Å². The number of likely N-dealkylation sites (N-methyl/N-ethyl adjacent to an activating group) is 1. The van der Waals surface area contributed by atoms with Crippen molar-refractivity contribution in [2.75, 3.05) is 38.5 Å². The number of aromatic amines is 1. The monoisotopic (exact) mass is 392 g/mol. The van der Waals surface area contributed by atoms with Crippen molar-refractivity contribution in [2.45, 2.75) is 12.7 Å². The van der Waals surface area contributed by atoms with E-state index in [0.29, 0.717) is 12.1 Å². The van der Waals surface area contributed by atoms with Gasteiger partial charge in [-0.1, -0.05) is 0 Å². The summed E-state index contributed by atoms with van der Waals surface area (Å²) >= 11 is 0. The summed E-state index contributed by atoms with van der Waals surface area (Å²) in [7, 11) is 2.02. The molecule has 2 heterocycles. The highest BCUT2D eigenvalue weighted by molar-refractivity contribution is 5.74. The van der Waals surface area contributed by atoms with E-state index < -0.39 is 11.7 Å². The summed E-state index contributed by atoms with van der Waals surface area (Å²) in [5.41, 5.74) is 0.0865. The van der Waals surface area contributed by atoms with Gasteiger partial charge >= 0.3 is 6.18 Å². The average Bonchev–Trinajstić information content (AvgIpc) is 3.18. The Bertz CT molecular complexity index is 862. The number of hydrogen-bond acceptors (Lipinski definition) is 7. The molecule has 8 nitrogen and oxygen atoms in total. The lowest BCUT2D eigenvalue weighted by atomic mass is 10.1. The quantitative estimate of drug-likeness (QED) is 0.751. The van der Waals surface area contributed by atoms with E-state index in [0.717, 1.165) is 38.3 Å². The molecule has 2 aromatic rings. The molecule has 28 heavy (non-hydrogen) atoms. The zero-order chi connectivity index (χ0) is 20.1. The number of nitrogens with one attached hydrogen (secondary N) is 2. The fraction of sp³-hybridized carbons (Fsp3) is 0.412. The standard InChI is InChI=1S/C17H19F3N8/c1-27-2-4-28(5-3-27)11-12-6-14(17(18,19)20)8-15(7-12)22-10-13(9-21)16-23-25-26-24-16/h6-8,10,22H,2-5,11H2,1H3,(H,23,24,25,26). The van der Waals surface area contributed by atoms with Crippen LogP contribution in [0.15, 0.2) is 24.4 Å². The normalized spacial score (nSPS) is 16.8. The molecule has 0 radical (unpaired) electrons. The Balaban J connectivity index is 1.83. The van der Waals surface area contributed by atoms with Crippen molar-refractivity contribution in [2.24, 2.45) is 0 Å². The van der Waals surface area contributed by atoms with Gasteiger partial charge in [-0.05, 0) is 36.0 Å². The topological polar surface area (TPSA) is 96.8 Å². The van der Waals surface area contributed by atoms with Gasteiger partial charge in [0.1, 0.15) is 11.6 Å². The number of benzene rings is 1. The minimum atomic E-state index is -4.47. The predicted molar refractivity (Wildman–Crippen MR) is 95.6 cm³/mol. The lowest BCUT2D eigenvalue weighted by Crippen LogP contribution is -2.43. The molecular weight excluding hydrogens is 373 g/mol. The minimum Gasteiger partial charge on any atom is -0.360 e. The van der Waals surface area contributed by atoms with Crippen LogP contribution >= 0.6 is 0 Å². The summed E-state index contributed by atoms with van der Waals surface area (Å²) < 4.78 is 40.0. The van der Waals surface area contributed by atoms with E-state index in [2.05, 4.69) is 35.7 Å². The second-order valence-electron chi connectivity index (χ2n) is 6.55. The molecule has 1 saturated heterocycles. The largest absolute Gasteiger partial charge is 0.416 e. The van der Waals surface area contributed by atoms with Crippen LogP contribution in [0, 0.1) is 11.3 Å². The lowest BCUT2D eigenvalue weighted by molar-refractivity contribution is -0.137. The SMILES string of the molecule is CN1CCN(Cc2cc(NC=C(C#N)c3nn[nH]n3)cc(C(F)(F)F)c2)CC1. The number of allylic oxidation sites excluding steroid dienone is 1. The fourth-order valence-electron chi connectivity index (χ4n) is 2.87. The molecule has 0 spiro atoms. The van der Waals surface area contributed by atoms with E-state index in [4.69, 9.17) is 0 Å². The molecule has 0 amide bonds. The average molecular weight is 392 g/mol. The molecule has 148 valence electrons. The molecule has 0 bridgehead atoms. The van der Waals surface area contributed by atoms with E-state index in [-0.39, 0.29) is 17.1 Å². The lowest BCUT2D eigenvalue weighted by Gasteiger charge is -2.32. The Labute approximate surface area is 159 Å². The van der Waals surface area contributed by atoms with Gasteiger partial charge in [-0.2, -0.15) is 23.6 Å². The molecule has 0 unspecified atom stereocenters. The third-order valence-corrected chi connectivity index (χ3v) is 4.41. The van der Waals surface area contributed by atoms with E-state index in [9.17, 15) is 18.4 Å². The van der Waals surface area contributed by atoms with Gasteiger partial charge in [0.2, 0.25) is 5.82 Å². The molecule has 1 aliphatic heterocycles. The van der Waals surface area contributed by atoms with Gasteiger partial charge in [-0.25, -0.2) is 0 Å². The number of hydrogen-bond donors (Lipinski definition) is 2. The number of anilines is 1. The van der Waals surface area contributed by atoms with Crippen molar-refractivity contribution in [1.29, 1.82) is 5.26 Å². The van der Waals surface area contributed by atoms with Crippen molar-refractivity contribution in [3.63, 3.8) is 0 Å². The molecule has 1 aromatic carbocycles. The molecule has 3 rings (SSSR count). The summed E-state index contributed by atoms with van der Waals surface area (Å²) in [4.78, 5) is 4.30. The third-order valence-electron chi connectivity index (χ3n) is 4.41. The molecule has 1 aliphatic rings. The molecule has 0 saturated carbocycles. The molecule has 1 aromatic heterocycles. The molecule has 1 fully saturated rings. The summed E-state index contributed by atoms with van der Waals surface area (Å²) in [6.45, 7) is 3.77. The maximum atomic E-state index is 13.3. The maximum absolute atomic E-state index is 13.3. The van der Waals surface area contributed by atoms with Crippen molar-refractivity contribution < 1.29 is 13.2 Å². The van der Waals surface area contributed by atoms with E-state index in [1.807, 2.05) is 13.1 Å². The predicted octanol–water partition coefficient (Wildman–Crippen LogP) is 1.94. The summed E-state index contributed by atoms with van der Waals surface area (Å²) in [6.07, 6.45) is -3.20. The summed E-state index contributed by atoms with van der Waals surface area (Å²) in [6, 6.07) is 5.70. The summed E-state index contributed by atoms with van der Waals surface area (Å²) in [5.74, 6) is 0.0552. The highest BCUT2D eigenvalue weighted by atomic mass is 19.4. The van der Waals surface area contributed by atoms with Crippen LogP contribution in [0.1, 0.15) is 17.0 Å². The second kappa shape index (κ2) is 8.37. The highest BCUT2D eigenvalue weighted by Gasteiger charge is 2.31. The van der Waals surface area contributed by atoms with Gasteiger partial charge in [0.05, 0.1) is 5.56 Å². The number of alkyl halides is 3. The first kappa shape index (κ1) is 19.8. The van der Waals surface area contributed by atoms with Crippen molar-refractivity contribution >= 4 is 11.3 Å². The number of halogens is 3. The van der Waals surface area contributed by atoms with Gasteiger partial charge in [0.25, 0.3) is 0 Å². The van der Waals surface area contributed by atoms with Crippen LogP contribution in [0.5, 0.6) is 0 Å². The second-order valence-corrected chi connectivity index (χ2v) is 6.55. The molecule has 11 heteroatoms. The van der Waals surface area contributed by atoms with Crippen LogP contribution in [0.25, 0.3) is 5.57 Å². The zero-order valence-corrected chi connectivity index (χ0v) is 15.2. The van der Waals surface area contributed by atoms with E-state index in [1.54, 1.807) is 6.07 Å². The van der Waals surface area contributed by atoms with Gasteiger partial charge in [-0.3, -0.25) is 4.90 Å². The van der Waals surface area contributed by atoms with Crippen LogP contribution in [0.2, 0.25) is 0 Å². The summed E-state index contributed by atoms with van der Waals surface area (Å²) in [5, 5.41) is 24.9. The van der Waals surface area contributed by atoms with Crippen molar-refractivity contribution in [1.82, 2.24) is 30.4 Å². The molecule has 2 N–H and O–H groups in total. The number of rotatable bonds is 5. The van der Waals surface area contributed by atoms with Gasteiger partial charge < -0.3 is 10.2 Å². The maximum Gasteiger partial charge on any atom is 0.416 e. The first-order chi connectivity index (χ1) is 13.3. The smallest absolute Gasteiger partial charge is 0.360 e. The van der Waals surface area contributed by atoms with Gasteiger partial charge in [0, 0.05) is 44.6 Å². The van der Waals surface area contributed by atoms with Crippen molar-refractivity contribution in [3.05, 3.63) is 41.4 Å². The Kier molecular flexibility index (Phi) is 5.91. The van der Waals surface area contributed by atoms with E-state index in [1.165, 1.54) is 6.20 Å². The van der Waals surface area contributed by atoms with Crippen LogP contribution in [0.4, 0.5) is 18.9 Å². The molecular formula is C17H19F3N8. The first-order valence-corrected chi connectivity index (χ1v) is 8.58. The number of nitrogens with zero attached hydrogens (tertiary/aromatic N) is 6. The zero-order valence-electron chi connectivity index (χ0n) is 15.2. The Hall–Kier alpha value is -2.97. The van der Waals surface area contributed by atoms with Crippen LogP contribution in [0.3, 0.4) is 0 Å². The van der Waals surface area contributed by atoms with Crippen LogP contribution < -0.4 is 5.32 Å². The fourth-order valence-corrected chi connectivity index (χ4v) is 2.87. The third kappa shape index (κ3) is 5.05. The van der Waals surface area contributed by atoms with Crippen LogP contribution in [-0.2, 0) is 12.7 Å². The molecule has 0 atom stereocenters. The number of tetrazole rings is 1. The number of H-pyrrole nitrogens is 1. The molecule has 0 aliphatic carbocycles. The Morgan fingerprint density at radius 2 is 2.04 bits per heavy atom. The first-order valence-electron chi connectivity index (χ1n) is 8.58. The number of aromatic nitrogens is 4. The van der Waals surface area contributed by atoms with Gasteiger partial charge in [-0.15, -0.1) is 10.2 Å². The Morgan fingerprint density at radius 1 is 1.29 bits per heavy atom. The van der Waals surface area contributed by atoms with Crippen molar-refractivity contribution in [3.8, 4) is 6.07 Å². The van der Waals surface area contributed by atoms with Crippen LogP contribution in [-0.4, -0.2) is 63.7 Å². The number of nitriles is 1.